The van der Waals surface area contributed by atoms with Gasteiger partial charge in [0.1, 0.15) is 5.54 Å². The molecule has 0 spiro atoms. The Hall–Kier alpha value is -0.780. The highest BCUT2D eigenvalue weighted by atomic mass is 32.2. The molecule has 3 atom stereocenters. The van der Waals surface area contributed by atoms with Crippen molar-refractivity contribution in [3.8, 4) is 0 Å². The Morgan fingerprint density at radius 2 is 2.23 bits per heavy atom. The van der Waals surface area contributed by atoms with Crippen molar-refractivity contribution in [2.24, 2.45) is 5.73 Å². The number of ether oxygens (including phenoxy) is 1. The third kappa shape index (κ3) is 4.93. The Morgan fingerprint density at radius 3 is 2.85 bits per heavy atom. The molecule has 2 fully saturated rings. The highest BCUT2D eigenvalue weighted by Gasteiger charge is 2.53. The molecule has 151 valence electrons. The predicted molar refractivity (Wildman–Crippen MR) is 95.5 cm³/mol. The van der Waals surface area contributed by atoms with Crippen LogP contribution >= 0.6 is 0 Å². The van der Waals surface area contributed by atoms with Gasteiger partial charge in [0.25, 0.3) is 0 Å². The summed E-state index contributed by atoms with van der Waals surface area (Å²) in [4.78, 5) is 14.0. The van der Waals surface area contributed by atoms with E-state index in [0.29, 0.717) is 12.8 Å². The van der Waals surface area contributed by atoms with Crippen molar-refractivity contribution in [2.45, 2.75) is 43.4 Å². The lowest BCUT2D eigenvalue weighted by Gasteiger charge is -2.43. The van der Waals surface area contributed by atoms with Gasteiger partial charge in [0.2, 0.25) is 15.9 Å². The molecule has 4 N–H and O–H groups in total. The number of primary amides is 1. The van der Waals surface area contributed by atoms with E-state index in [4.69, 9.17) is 15.6 Å². The van der Waals surface area contributed by atoms with Crippen molar-refractivity contribution in [1.82, 2.24) is 9.21 Å². The largest absolute Gasteiger partial charge is 0.394 e. The summed E-state index contributed by atoms with van der Waals surface area (Å²) >= 11 is 0. The highest BCUT2D eigenvalue weighted by molar-refractivity contribution is 7.88. The number of amides is 1. The predicted octanol–water partition coefficient (Wildman–Crippen LogP) is -1.70. The van der Waals surface area contributed by atoms with E-state index in [1.54, 1.807) is 0 Å². The number of piperidine rings is 1. The molecule has 0 saturated carbocycles. The van der Waals surface area contributed by atoms with Crippen LogP contribution in [0, 0.1) is 6.42 Å². The number of β-amino-alcohol motifs (C(OH)–C–C–N with tert-alkyl or cyclic N) is 1. The van der Waals surface area contributed by atoms with Crippen molar-refractivity contribution in [3.63, 3.8) is 0 Å². The number of hydrogen-bond donors (Lipinski definition) is 3. The molecule has 0 aromatic rings. The number of aliphatic hydroxyl groups is 2. The molecule has 1 unspecified atom stereocenters. The van der Waals surface area contributed by atoms with Gasteiger partial charge in [0, 0.05) is 25.7 Å². The quantitative estimate of drug-likeness (QED) is 0.357. The molecule has 2 heterocycles. The van der Waals surface area contributed by atoms with Gasteiger partial charge >= 0.3 is 0 Å². The summed E-state index contributed by atoms with van der Waals surface area (Å²) in [5.74, 6) is -0.388. The van der Waals surface area contributed by atoms with Crippen LogP contribution in [0.2, 0.25) is 0 Å². The number of sulfonamides is 1. The zero-order chi connectivity index (χ0) is 19.4. The summed E-state index contributed by atoms with van der Waals surface area (Å²) < 4.78 is 30.2. The molecule has 2 saturated heterocycles. The van der Waals surface area contributed by atoms with Gasteiger partial charge in [0.15, 0.2) is 0 Å². The maximum atomic E-state index is 12.0. The number of fused-ring (bicyclic) bond motifs is 2. The number of aliphatic hydroxyl groups excluding tert-OH is 2. The Morgan fingerprint density at radius 1 is 1.50 bits per heavy atom. The summed E-state index contributed by atoms with van der Waals surface area (Å²) in [7, 11) is -3.52. The molecule has 0 aromatic carbocycles. The Balaban J connectivity index is 1.98. The van der Waals surface area contributed by atoms with E-state index in [9.17, 15) is 18.3 Å². The zero-order valence-corrected chi connectivity index (χ0v) is 16.0. The fraction of sp³-hybridized carbons (Fsp3) is 0.875. The van der Waals surface area contributed by atoms with Gasteiger partial charge in [-0.3, -0.25) is 9.69 Å². The van der Waals surface area contributed by atoms with Gasteiger partial charge in [-0.1, -0.05) is 0 Å². The van der Waals surface area contributed by atoms with Crippen LogP contribution in [-0.2, 0) is 19.6 Å². The van der Waals surface area contributed by atoms with Crippen LogP contribution in [0.25, 0.3) is 0 Å². The summed E-state index contributed by atoms with van der Waals surface area (Å²) in [5, 5.41) is 19.2. The highest BCUT2D eigenvalue weighted by Crippen LogP contribution is 2.43. The average molecular weight is 392 g/mol. The number of nitrogens with two attached hydrogens (primary N) is 1. The SMILES string of the molecule is CS(=O)(=O)N(CCOCCO)CC(O)CN1[C@@H]2C[CH]C[C@@]1(C(N)=O)CC2. The Bertz CT molecular complexity index is 583. The van der Waals surface area contributed by atoms with Crippen molar-refractivity contribution >= 4 is 15.9 Å². The van der Waals surface area contributed by atoms with E-state index in [-0.39, 0.29) is 51.4 Å². The molecular formula is C16H30N3O6S. The molecule has 0 aliphatic carbocycles. The van der Waals surface area contributed by atoms with Crippen LogP contribution in [0.1, 0.15) is 25.7 Å². The lowest BCUT2D eigenvalue weighted by Crippen LogP contribution is -2.60. The minimum atomic E-state index is -3.52. The maximum absolute atomic E-state index is 12.0. The molecule has 26 heavy (non-hydrogen) atoms. The lowest BCUT2D eigenvalue weighted by atomic mass is 9.87. The molecule has 2 bridgehead atoms. The second-order valence-corrected chi connectivity index (χ2v) is 9.06. The molecule has 2 aliphatic heterocycles. The standard InChI is InChI=1S/C16H30N3O6S/c1-26(23,24)18(7-9-25-10-8-20)11-14(21)12-19-13-3-2-5-16(19,6-4-13)15(17)22/h2,13-14,20-21H,3-12H2,1H3,(H2,17,22)/t13-,14?,16+/m1/s1. The summed E-state index contributed by atoms with van der Waals surface area (Å²) in [6, 6.07) is 0.158. The zero-order valence-electron chi connectivity index (χ0n) is 15.2. The van der Waals surface area contributed by atoms with Crippen LogP contribution in [0.15, 0.2) is 0 Å². The van der Waals surface area contributed by atoms with Gasteiger partial charge in [-0.15, -0.1) is 0 Å². The third-order valence-corrected chi connectivity index (χ3v) is 6.54. The first kappa shape index (κ1) is 21.5. The van der Waals surface area contributed by atoms with E-state index in [2.05, 4.69) is 6.42 Å². The van der Waals surface area contributed by atoms with E-state index < -0.39 is 21.7 Å². The molecule has 0 aromatic heterocycles. The molecular weight excluding hydrogens is 362 g/mol. The molecule has 2 rings (SSSR count). The van der Waals surface area contributed by atoms with E-state index in [1.807, 2.05) is 4.90 Å². The van der Waals surface area contributed by atoms with Crippen LogP contribution < -0.4 is 5.73 Å². The van der Waals surface area contributed by atoms with Crippen molar-refractivity contribution in [1.29, 1.82) is 0 Å². The lowest BCUT2D eigenvalue weighted by molar-refractivity contribution is -0.131. The van der Waals surface area contributed by atoms with Crippen LogP contribution in [0.4, 0.5) is 0 Å². The van der Waals surface area contributed by atoms with Gasteiger partial charge in [-0.05, 0) is 32.1 Å². The number of carbonyl (C=O) groups excluding carboxylic acids is 1. The second kappa shape index (κ2) is 8.94. The van der Waals surface area contributed by atoms with Crippen molar-refractivity contribution < 1.29 is 28.2 Å². The first-order valence-electron chi connectivity index (χ1n) is 8.91. The fourth-order valence-electron chi connectivity index (χ4n) is 3.97. The maximum Gasteiger partial charge on any atom is 0.237 e. The van der Waals surface area contributed by atoms with E-state index >= 15 is 0 Å². The minimum Gasteiger partial charge on any atom is -0.394 e. The monoisotopic (exact) mass is 392 g/mol. The van der Waals surface area contributed by atoms with Crippen LogP contribution in [-0.4, -0.2) is 97.1 Å². The van der Waals surface area contributed by atoms with Crippen LogP contribution in [0.3, 0.4) is 0 Å². The summed E-state index contributed by atoms with van der Waals surface area (Å²) in [6.07, 6.45) is 5.13. The molecule has 9 nitrogen and oxygen atoms in total. The second-order valence-electron chi connectivity index (χ2n) is 7.08. The number of hydrogen-bond acceptors (Lipinski definition) is 7. The first-order chi connectivity index (χ1) is 12.2. The molecule has 2 aliphatic rings. The van der Waals surface area contributed by atoms with Crippen molar-refractivity contribution in [3.05, 3.63) is 6.42 Å². The normalized spacial score (nSPS) is 27.8. The third-order valence-electron chi connectivity index (χ3n) is 5.27. The van der Waals surface area contributed by atoms with Crippen molar-refractivity contribution in [2.75, 3.05) is 45.7 Å². The fourth-order valence-corrected chi connectivity index (χ4v) is 4.82. The Kier molecular flexibility index (Phi) is 7.40. The smallest absolute Gasteiger partial charge is 0.237 e. The summed E-state index contributed by atoms with van der Waals surface area (Å²) in [5.41, 5.74) is 4.88. The molecule has 1 radical (unpaired) electrons. The average Bonchev–Trinajstić information content (AvgIpc) is 2.76. The van der Waals surface area contributed by atoms with Gasteiger partial charge in [-0.25, -0.2) is 8.42 Å². The first-order valence-corrected chi connectivity index (χ1v) is 10.8. The molecule has 1 amide bonds. The number of rotatable bonds is 11. The van der Waals surface area contributed by atoms with Gasteiger partial charge in [-0.2, -0.15) is 4.31 Å². The number of nitrogens with zero attached hydrogens (tertiary/aromatic N) is 2. The van der Waals surface area contributed by atoms with E-state index in [1.165, 1.54) is 0 Å². The molecule has 10 heteroatoms. The van der Waals surface area contributed by atoms with Crippen LogP contribution in [0.5, 0.6) is 0 Å². The Labute approximate surface area is 155 Å². The summed E-state index contributed by atoms with van der Waals surface area (Å²) in [6.45, 7) is 0.340. The minimum absolute atomic E-state index is 0.0803. The topological polar surface area (TPSA) is 133 Å². The van der Waals surface area contributed by atoms with Gasteiger partial charge < -0.3 is 20.7 Å². The van der Waals surface area contributed by atoms with E-state index in [0.717, 1.165) is 23.4 Å². The number of carbonyl (C=O) groups is 1. The van der Waals surface area contributed by atoms with Gasteiger partial charge in [0.05, 0.1) is 32.2 Å².